The fraction of sp³-hybridized carbons (Fsp3) is 0.412. The summed E-state index contributed by atoms with van der Waals surface area (Å²) in [6.45, 7) is 7.56. The highest BCUT2D eigenvalue weighted by Crippen LogP contribution is 2.36. The van der Waals surface area contributed by atoms with Crippen molar-refractivity contribution in [3.05, 3.63) is 70.9 Å². The van der Waals surface area contributed by atoms with Crippen LogP contribution in [0.1, 0.15) is 55.6 Å². The van der Waals surface area contributed by atoms with Gasteiger partial charge in [-0.15, -0.1) is 0 Å². The maximum absolute atomic E-state index is 14.0. The number of allylic oxidation sites excluding steroid dienone is 2. The van der Waals surface area contributed by atoms with Gasteiger partial charge in [-0.05, 0) is 68.0 Å². The monoisotopic (exact) mass is 618 g/mol. The van der Waals surface area contributed by atoms with Gasteiger partial charge in [0.1, 0.15) is 11.4 Å². The number of aromatic hydroxyl groups is 1. The van der Waals surface area contributed by atoms with Crippen molar-refractivity contribution in [1.29, 1.82) is 0 Å². The number of amides is 2. The third kappa shape index (κ3) is 6.38. The number of methoxy groups -OCH3 is 2. The molecule has 2 aliphatic rings. The number of benzene rings is 2. The van der Waals surface area contributed by atoms with Crippen molar-refractivity contribution in [2.45, 2.75) is 45.1 Å². The van der Waals surface area contributed by atoms with E-state index in [-0.39, 0.29) is 46.7 Å². The van der Waals surface area contributed by atoms with Gasteiger partial charge < -0.3 is 24.4 Å². The van der Waals surface area contributed by atoms with Crippen LogP contribution in [0.15, 0.2) is 59.6 Å². The van der Waals surface area contributed by atoms with E-state index in [4.69, 9.17) is 26.1 Å². The molecule has 3 aromatic rings. The van der Waals surface area contributed by atoms with Crippen LogP contribution in [-0.2, 0) is 4.79 Å². The van der Waals surface area contributed by atoms with E-state index in [2.05, 4.69) is 23.2 Å². The number of hydrogen-bond donors (Lipinski definition) is 1. The largest absolute Gasteiger partial charge is 0.504 e. The third-order valence-corrected chi connectivity index (χ3v) is 8.72. The Kier molecular flexibility index (Phi) is 9.15. The first-order valence-corrected chi connectivity index (χ1v) is 15.2. The third-order valence-electron chi connectivity index (χ3n) is 8.49. The van der Waals surface area contributed by atoms with Crippen molar-refractivity contribution in [3.63, 3.8) is 0 Å². The molecule has 1 fully saturated rings. The van der Waals surface area contributed by atoms with Crippen molar-refractivity contribution in [1.82, 2.24) is 14.8 Å². The van der Waals surface area contributed by atoms with Gasteiger partial charge in [-0.25, -0.2) is 4.98 Å². The zero-order chi connectivity index (χ0) is 31.6. The van der Waals surface area contributed by atoms with E-state index in [1.54, 1.807) is 17.0 Å². The molecule has 0 radical (unpaired) electrons. The molecule has 0 spiro atoms. The fourth-order valence-corrected chi connectivity index (χ4v) is 6.30. The first kappa shape index (κ1) is 31.3. The van der Waals surface area contributed by atoms with Gasteiger partial charge in [-0.1, -0.05) is 42.8 Å². The minimum Gasteiger partial charge on any atom is -0.504 e. The second-order valence-electron chi connectivity index (χ2n) is 12.0. The van der Waals surface area contributed by atoms with Crippen LogP contribution in [0.4, 0.5) is 0 Å². The SMILES string of the molecule is COc1cc2c(OC)nc(C(=O)N3CCN(C(=O)C4=NCCC(c5cccc(Cl)c5)C=CCC4C)C(C)(C)C3)cc2cc1O. The van der Waals surface area contributed by atoms with Gasteiger partial charge in [0.15, 0.2) is 11.5 Å². The lowest BCUT2D eigenvalue weighted by Gasteiger charge is -2.47. The van der Waals surface area contributed by atoms with Crippen LogP contribution >= 0.6 is 11.6 Å². The van der Waals surface area contributed by atoms with Crippen LogP contribution in [-0.4, -0.2) is 83.4 Å². The highest BCUT2D eigenvalue weighted by atomic mass is 35.5. The second-order valence-corrected chi connectivity index (χ2v) is 12.5. The molecule has 2 unspecified atom stereocenters. The summed E-state index contributed by atoms with van der Waals surface area (Å²) in [4.78, 5) is 40.6. The number of ether oxygens (including phenoxy) is 2. The second kappa shape index (κ2) is 12.9. The Bertz CT molecular complexity index is 1640. The molecule has 2 aliphatic heterocycles. The number of pyridine rings is 1. The normalized spacial score (nSPS) is 20.4. The number of hydrogen-bond acceptors (Lipinski definition) is 7. The van der Waals surface area contributed by atoms with E-state index in [0.717, 1.165) is 12.0 Å². The zero-order valence-electron chi connectivity index (χ0n) is 25.8. The lowest BCUT2D eigenvalue weighted by atomic mass is 9.93. The molecular weight excluding hydrogens is 580 g/mol. The Labute approximate surface area is 263 Å². The van der Waals surface area contributed by atoms with Gasteiger partial charge in [0, 0.05) is 48.4 Å². The number of carbonyl (C=O) groups excluding carboxylic acids is 2. The van der Waals surface area contributed by atoms with Crippen molar-refractivity contribution >= 4 is 39.9 Å². The van der Waals surface area contributed by atoms with Crippen LogP contribution in [0.2, 0.25) is 5.02 Å². The molecule has 1 N–H and O–H groups in total. The predicted octanol–water partition coefficient (Wildman–Crippen LogP) is 5.88. The molecule has 10 heteroatoms. The number of phenolic OH excluding ortho intramolecular Hbond substituents is 1. The summed E-state index contributed by atoms with van der Waals surface area (Å²) in [5, 5.41) is 12.2. The minimum atomic E-state index is -0.641. The molecule has 44 heavy (non-hydrogen) atoms. The average Bonchev–Trinajstić information content (AvgIpc) is 3.09. The highest BCUT2D eigenvalue weighted by Gasteiger charge is 2.41. The number of carbonyl (C=O) groups is 2. The highest BCUT2D eigenvalue weighted by molar-refractivity contribution is 6.39. The molecule has 1 aromatic heterocycles. The summed E-state index contributed by atoms with van der Waals surface area (Å²) in [5.41, 5.74) is 1.27. The number of fused-ring (bicyclic) bond motifs is 1. The Balaban J connectivity index is 1.32. The Morgan fingerprint density at radius 1 is 1.07 bits per heavy atom. The Hall–Kier alpha value is -4.11. The molecule has 0 bridgehead atoms. The van der Waals surface area contributed by atoms with Gasteiger partial charge in [0.25, 0.3) is 11.8 Å². The number of halogens is 1. The summed E-state index contributed by atoms with van der Waals surface area (Å²) in [7, 11) is 2.95. The summed E-state index contributed by atoms with van der Waals surface area (Å²) in [6, 6.07) is 12.7. The smallest absolute Gasteiger partial charge is 0.272 e. The van der Waals surface area contributed by atoms with Gasteiger partial charge in [-0.3, -0.25) is 14.6 Å². The average molecular weight is 619 g/mol. The van der Waals surface area contributed by atoms with Crippen LogP contribution < -0.4 is 9.47 Å². The van der Waals surface area contributed by atoms with E-state index < -0.39 is 5.54 Å². The van der Waals surface area contributed by atoms with E-state index >= 15 is 0 Å². The van der Waals surface area contributed by atoms with Gasteiger partial charge in [0.05, 0.1) is 19.8 Å². The molecule has 5 rings (SSSR count). The number of aliphatic imine (C=N–C) groups is 1. The number of piperazine rings is 1. The van der Waals surface area contributed by atoms with E-state index in [1.807, 2.05) is 43.9 Å². The van der Waals surface area contributed by atoms with Crippen LogP contribution in [0.5, 0.6) is 17.4 Å². The number of aromatic nitrogens is 1. The number of rotatable bonds is 5. The van der Waals surface area contributed by atoms with Crippen molar-refractivity contribution in [2.75, 3.05) is 40.4 Å². The molecule has 2 amide bonds. The van der Waals surface area contributed by atoms with E-state index in [0.29, 0.717) is 54.1 Å². The summed E-state index contributed by atoms with van der Waals surface area (Å²) < 4.78 is 10.7. The molecule has 0 saturated carbocycles. The standard InChI is InChI=1S/C34H39ClN4O5/c1-21-8-6-9-22(23-10-7-11-25(35)16-23)12-13-36-30(21)33(42)39-15-14-38(20-34(39,2)3)32(41)27-17-24-18-28(40)29(43-4)19-26(24)31(37-27)44-5/h6-7,9-11,16-19,21-22,40H,8,12-15,20H2,1-5H3. The van der Waals surface area contributed by atoms with Gasteiger partial charge in [0.2, 0.25) is 5.88 Å². The lowest BCUT2D eigenvalue weighted by molar-refractivity contribution is -0.132. The first-order chi connectivity index (χ1) is 21.0. The van der Waals surface area contributed by atoms with Crippen LogP contribution in [0, 0.1) is 5.92 Å². The summed E-state index contributed by atoms with van der Waals surface area (Å²) in [5.74, 6) is 0.281. The van der Waals surface area contributed by atoms with Crippen LogP contribution in [0.25, 0.3) is 10.8 Å². The first-order valence-electron chi connectivity index (χ1n) is 14.9. The Morgan fingerprint density at radius 3 is 2.57 bits per heavy atom. The zero-order valence-corrected chi connectivity index (χ0v) is 26.6. The molecule has 3 heterocycles. The molecule has 2 aromatic carbocycles. The predicted molar refractivity (Wildman–Crippen MR) is 172 cm³/mol. The maximum atomic E-state index is 14.0. The number of nitrogens with zero attached hydrogens (tertiary/aromatic N) is 4. The van der Waals surface area contributed by atoms with E-state index in [1.165, 1.54) is 20.3 Å². The van der Waals surface area contributed by atoms with Crippen molar-refractivity contribution in [3.8, 4) is 17.4 Å². The molecule has 2 atom stereocenters. The fourth-order valence-electron chi connectivity index (χ4n) is 6.10. The minimum absolute atomic E-state index is 0.0440. The molecular formula is C34H39ClN4O5. The molecule has 0 aliphatic carbocycles. The van der Waals surface area contributed by atoms with E-state index in [9.17, 15) is 14.7 Å². The van der Waals surface area contributed by atoms with Crippen molar-refractivity contribution < 1.29 is 24.2 Å². The van der Waals surface area contributed by atoms with Crippen molar-refractivity contribution in [2.24, 2.45) is 10.9 Å². The molecule has 232 valence electrons. The maximum Gasteiger partial charge on any atom is 0.272 e. The van der Waals surface area contributed by atoms with Gasteiger partial charge >= 0.3 is 0 Å². The molecule has 1 saturated heterocycles. The molecule has 9 nitrogen and oxygen atoms in total. The topological polar surface area (TPSA) is 105 Å². The quantitative estimate of drug-likeness (QED) is 0.358. The Morgan fingerprint density at radius 2 is 1.86 bits per heavy atom. The van der Waals surface area contributed by atoms with Crippen LogP contribution in [0.3, 0.4) is 0 Å². The van der Waals surface area contributed by atoms with Gasteiger partial charge in [-0.2, -0.15) is 0 Å². The summed E-state index contributed by atoms with van der Waals surface area (Å²) >= 11 is 6.24. The summed E-state index contributed by atoms with van der Waals surface area (Å²) in [6.07, 6.45) is 5.83. The number of phenols is 1. The lowest BCUT2D eigenvalue weighted by Crippen LogP contribution is -2.63.